The summed E-state index contributed by atoms with van der Waals surface area (Å²) in [4.78, 5) is 8.80. The third kappa shape index (κ3) is 2.78. The first-order chi connectivity index (χ1) is 11.7. The SMILES string of the molecule is CC1CN=C(c2ccc(-c3noc(-c4cccc(F)c4)n3)cc2)N1. The van der Waals surface area contributed by atoms with Crippen LogP contribution in [0.15, 0.2) is 58.0 Å². The molecule has 0 saturated carbocycles. The lowest BCUT2D eigenvalue weighted by Crippen LogP contribution is -2.27. The van der Waals surface area contributed by atoms with Crippen LogP contribution in [0.3, 0.4) is 0 Å². The monoisotopic (exact) mass is 322 g/mol. The first-order valence-electron chi connectivity index (χ1n) is 7.70. The lowest BCUT2D eigenvalue weighted by molar-refractivity contribution is 0.432. The molecule has 1 aromatic heterocycles. The van der Waals surface area contributed by atoms with Gasteiger partial charge in [0.05, 0.1) is 6.54 Å². The summed E-state index contributed by atoms with van der Waals surface area (Å²) in [6.45, 7) is 2.89. The predicted molar refractivity (Wildman–Crippen MR) is 89.1 cm³/mol. The molecule has 3 aromatic rings. The molecule has 1 unspecified atom stereocenters. The topological polar surface area (TPSA) is 63.3 Å². The maximum absolute atomic E-state index is 13.3. The summed E-state index contributed by atoms with van der Waals surface area (Å²) in [5.41, 5.74) is 2.41. The number of aromatic nitrogens is 2. The zero-order valence-corrected chi connectivity index (χ0v) is 13.0. The highest BCUT2D eigenvalue weighted by atomic mass is 19.1. The van der Waals surface area contributed by atoms with Crippen LogP contribution in [0.5, 0.6) is 0 Å². The van der Waals surface area contributed by atoms with Crippen molar-refractivity contribution >= 4 is 5.84 Å². The Morgan fingerprint density at radius 1 is 1.08 bits per heavy atom. The van der Waals surface area contributed by atoms with E-state index < -0.39 is 0 Å². The number of aliphatic imine (C=N–C) groups is 1. The second-order valence-corrected chi connectivity index (χ2v) is 5.75. The number of nitrogens with zero attached hydrogens (tertiary/aromatic N) is 3. The maximum atomic E-state index is 13.3. The Balaban J connectivity index is 1.58. The van der Waals surface area contributed by atoms with Crippen molar-refractivity contribution in [2.75, 3.05) is 6.54 Å². The van der Waals surface area contributed by atoms with Gasteiger partial charge >= 0.3 is 0 Å². The molecule has 0 saturated heterocycles. The molecule has 0 fully saturated rings. The van der Waals surface area contributed by atoms with Crippen molar-refractivity contribution in [3.05, 3.63) is 59.9 Å². The highest BCUT2D eigenvalue weighted by Crippen LogP contribution is 2.23. The van der Waals surface area contributed by atoms with Crippen molar-refractivity contribution in [2.24, 2.45) is 4.99 Å². The fourth-order valence-electron chi connectivity index (χ4n) is 2.58. The van der Waals surface area contributed by atoms with E-state index in [4.69, 9.17) is 4.52 Å². The van der Waals surface area contributed by atoms with Crippen molar-refractivity contribution in [3.63, 3.8) is 0 Å². The van der Waals surface area contributed by atoms with Crippen molar-refractivity contribution in [1.29, 1.82) is 0 Å². The van der Waals surface area contributed by atoms with Crippen LogP contribution in [0.1, 0.15) is 12.5 Å². The normalized spacial score (nSPS) is 16.8. The van der Waals surface area contributed by atoms with Crippen LogP contribution in [-0.2, 0) is 0 Å². The van der Waals surface area contributed by atoms with Gasteiger partial charge in [-0.25, -0.2) is 4.39 Å². The zero-order chi connectivity index (χ0) is 16.5. The van der Waals surface area contributed by atoms with Crippen LogP contribution >= 0.6 is 0 Å². The number of rotatable bonds is 3. The van der Waals surface area contributed by atoms with E-state index in [0.717, 1.165) is 23.5 Å². The number of nitrogens with one attached hydrogen (secondary N) is 1. The van der Waals surface area contributed by atoms with Gasteiger partial charge in [-0.2, -0.15) is 4.98 Å². The molecule has 120 valence electrons. The molecule has 4 rings (SSSR count). The van der Waals surface area contributed by atoms with Gasteiger partial charge in [0.15, 0.2) is 0 Å². The predicted octanol–water partition coefficient (Wildman–Crippen LogP) is 3.28. The Bertz CT molecular complexity index is 901. The van der Waals surface area contributed by atoms with Crippen LogP contribution in [0.25, 0.3) is 22.8 Å². The Labute approximate surface area is 138 Å². The van der Waals surface area contributed by atoms with Crippen LogP contribution < -0.4 is 5.32 Å². The Kier molecular flexibility index (Phi) is 3.57. The molecule has 1 N–H and O–H groups in total. The van der Waals surface area contributed by atoms with E-state index in [-0.39, 0.29) is 5.82 Å². The van der Waals surface area contributed by atoms with E-state index in [9.17, 15) is 4.39 Å². The summed E-state index contributed by atoms with van der Waals surface area (Å²) in [5, 5.41) is 7.30. The first kappa shape index (κ1) is 14.6. The zero-order valence-electron chi connectivity index (χ0n) is 13.0. The summed E-state index contributed by atoms with van der Waals surface area (Å²) in [7, 11) is 0. The van der Waals surface area contributed by atoms with Crippen molar-refractivity contribution in [1.82, 2.24) is 15.5 Å². The minimum Gasteiger partial charge on any atom is -0.366 e. The highest BCUT2D eigenvalue weighted by Gasteiger charge is 2.15. The number of halogens is 1. The summed E-state index contributed by atoms with van der Waals surface area (Å²) >= 11 is 0. The summed E-state index contributed by atoms with van der Waals surface area (Å²) in [5.74, 6) is 1.33. The van der Waals surface area contributed by atoms with Crippen LogP contribution in [0, 0.1) is 5.82 Å². The fourth-order valence-corrected chi connectivity index (χ4v) is 2.58. The summed E-state index contributed by atoms with van der Waals surface area (Å²) < 4.78 is 18.5. The molecule has 0 bridgehead atoms. The highest BCUT2D eigenvalue weighted by molar-refractivity contribution is 6.00. The van der Waals surface area contributed by atoms with Crippen molar-refractivity contribution in [3.8, 4) is 22.8 Å². The molecular weight excluding hydrogens is 307 g/mol. The number of hydrogen-bond donors (Lipinski definition) is 1. The van der Waals surface area contributed by atoms with Crippen molar-refractivity contribution < 1.29 is 8.91 Å². The smallest absolute Gasteiger partial charge is 0.258 e. The molecule has 0 radical (unpaired) electrons. The van der Waals surface area contributed by atoms with Gasteiger partial charge in [0, 0.05) is 22.7 Å². The van der Waals surface area contributed by atoms with E-state index in [0.29, 0.717) is 23.3 Å². The van der Waals surface area contributed by atoms with Gasteiger partial charge in [0.25, 0.3) is 5.89 Å². The summed E-state index contributed by atoms with van der Waals surface area (Å²) in [6, 6.07) is 14.2. The van der Waals surface area contributed by atoms with Gasteiger partial charge in [-0.15, -0.1) is 0 Å². The Hall–Kier alpha value is -3.02. The quantitative estimate of drug-likeness (QED) is 0.804. The molecule has 2 aromatic carbocycles. The average molecular weight is 322 g/mol. The number of hydrogen-bond acceptors (Lipinski definition) is 5. The molecular formula is C18H15FN4O. The van der Waals surface area contributed by atoms with Crippen LogP contribution in [0.2, 0.25) is 0 Å². The molecule has 24 heavy (non-hydrogen) atoms. The fraction of sp³-hybridized carbons (Fsp3) is 0.167. The average Bonchev–Trinajstić information content (AvgIpc) is 3.24. The van der Waals surface area contributed by atoms with E-state index in [1.54, 1.807) is 12.1 Å². The van der Waals surface area contributed by atoms with E-state index in [1.807, 2.05) is 24.3 Å². The number of benzene rings is 2. The Morgan fingerprint density at radius 2 is 1.88 bits per heavy atom. The second kappa shape index (κ2) is 5.88. The molecule has 1 aliphatic heterocycles. The van der Waals surface area contributed by atoms with Gasteiger partial charge in [-0.3, -0.25) is 4.99 Å². The molecule has 0 spiro atoms. The lowest BCUT2D eigenvalue weighted by Gasteiger charge is -2.06. The Morgan fingerprint density at radius 3 is 2.58 bits per heavy atom. The van der Waals surface area contributed by atoms with Crippen LogP contribution in [-0.4, -0.2) is 28.6 Å². The lowest BCUT2D eigenvalue weighted by atomic mass is 10.1. The van der Waals surface area contributed by atoms with Gasteiger partial charge in [-0.05, 0) is 25.1 Å². The maximum Gasteiger partial charge on any atom is 0.258 e. The first-order valence-corrected chi connectivity index (χ1v) is 7.70. The van der Waals surface area contributed by atoms with E-state index >= 15 is 0 Å². The standard InChI is InChI=1S/C18H15FN4O/c1-11-10-20-16(21-11)12-5-7-13(8-6-12)17-22-18(24-23-17)14-3-2-4-15(19)9-14/h2-9,11H,10H2,1H3,(H,20,21). The largest absolute Gasteiger partial charge is 0.366 e. The molecule has 0 amide bonds. The van der Waals surface area contributed by atoms with E-state index in [1.165, 1.54) is 12.1 Å². The molecule has 1 atom stereocenters. The second-order valence-electron chi connectivity index (χ2n) is 5.75. The van der Waals surface area contributed by atoms with E-state index in [2.05, 4.69) is 27.4 Å². The third-order valence-corrected chi connectivity index (χ3v) is 3.82. The van der Waals surface area contributed by atoms with Gasteiger partial charge in [0.2, 0.25) is 5.82 Å². The molecule has 0 aliphatic carbocycles. The van der Waals surface area contributed by atoms with Gasteiger partial charge < -0.3 is 9.84 Å². The van der Waals surface area contributed by atoms with Crippen molar-refractivity contribution in [2.45, 2.75) is 13.0 Å². The van der Waals surface area contributed by atoms with Crippen LogP contribution in [0.4, 0.5) is 4.39 Å². The molecule has 5 nitrogen and oxygen atoms in total. The third-order valence-electron chi connectivity index (χ3n) is 3.82. The minimum atomic E-state index is -0.337. The molecule has 2 heterocycles. The minimum absolute atomic E-state index is 0.296. The van der Waals surface area contributed by atoms with Gasteiger partial charge in [-0.1, -0.05) is 35.5 Å². The van der Waals surface area contributed by atoms with Gasteiger partial charge in [0.1, 0.15) is 11.7 Å². The molecule has 6 heteroatoms. The molecule has 1 aliphatic rings. The summed E-state index contributed by atoms with van der Waals surface area (Å²) in [6.07, 6.45) is 0. The number of amidine groups is 1.